The van der Waals surface area contributed by atoms with Gasteiger partial charge in [0.1, 0.15) is 0 Å². The van der Waals surface area contributed by atoms with Gasteiger partial charge >= 0.3 is 6.03 Å². The Morgan fingerprint density at radius 1 is 1.35 bits per heavy atom. The van der Waals surface area contributed by atoms with Gasteiger partial charge in [0.25, 0.3) is 0 Å². The maximum absolute atomic E-state index is 12.4. The lowest BCUT2D eigenvalue weighted by molar-refractivity contribution is -0.129. The number of hydrogen-bond donors (Lipinski definition) is 2. The fourth-order valence-corrected chi connectivity index (χ4v) is 4.27. The number of carbonyl (C=O) groups is 2. The molecule has 6 heteroatoms. The van der Waals surface area contributed by atoms with Crippen molar-refractivity contribution in [2.45, 2.75) is 32.9 Å². The molecule has 3 rings (SSSR count). The number of urea groups is 1. The Balaban J connectivity index is 1.75. The third-order valence-electron chi connectivity index (χ3n) is 4.27. The van der Waals surface area contributed by atoms with E-state index in [1.807, 2.05) is 19.1 Å². The average Bonchev–Trinajstić information content (AvgIpc) is 3.11. The quantitative estimate of drug-likeness (QED) is 0.905. The van der Waals surface area contributed by atoms with Crippen molar-refractivity contribution in [3.8, 4) is 0 Å². The summed E-state index contributed by atoms with van der Waals surface area (Å²) < 4.78 is 1.26. The summed E-state index contributed by atoms with van der Waals surface area (Å²) in [5.74, 6) is -0.175. The molecule has 1 aromatic heterocycles. The minimum Gasteiger partial charge on any atom is -0.336 e. The molecule has 23 heavy (non-hydrogen) atoms. The molecular formula is C17H21N3O2S. The smallest absolute Gasteiger partial charge is 0.324 e. The van der Waals surface area contributed by atoms with Crippen molar-refractivity contribution in [1.29, 1.82) is 0 Å². The van der Waals surface area contributed by atoms with Crippen LogP contribution in [-0.2, 0) is 4.79 Å². The monoisotopic (exact) mass is 331 g/mol. The van der Waals surface area contributed by atoms with Gasteiger partial charge < -0.3 is 5.32 Å². The molecule has 1 saturated heterocycles. The molecule has 0 unspecified atom stereocenters. The van der Waals surface area contributed by atoms with Gasteiger partial charge in [-0.15, -0.1) is 11.3 Å². The van der Waals surface area contributed by atoms with Crippen molar-refractivity contribution in [3.63, 3.8) is 0 Å². The first kappa shape index (κ1) is 16.0. The van der Waals surface area contributed by atoms with Crippen LogP contribution in [-0.4, -0.2) is 36.0 Å². The summed E-state index contributed by atoms with van der Waals surface area (Å²) in [5.41, 5.74) is 1.25. The summed E-state index contributed by atoms with van der Waals surface area (Å²) in [7, 11) is 0. The number of amides is 3. The zero-order valence-corrected chi connectivity index (χ0v) is 14.4. The number of carbonyl (C=O) groups excluding carboxylic acids is 2. The van der Waals surface area contributed by atoms with Gasteiger partial charge in [0, 0.05) is 28.7 Å². The number of hydrogen-bond acceptors (Lipinski definition) is 4. The molecule has 0 radical (unpaired) electrons. The molecule has 1 aliphatic heterocycles. The van der Waals surface area contributed by atoms with Crippen molar-refractivity contribution in [2.75, 3.05) is 13.1 Å². The lowest BCUT2D eigenvalue weighted by Gasteiger charge is -2.22. The number of aryl methyl sites for hydroxylation is 1. The van der Waals surface area contributed by atoms with Crippen LogP contribution in [0, 0.1) is 6.92 Å². The predicted molar refractivity (Wildman–Crippen MR) is 92.7 cm³/mol. The van der Waals surface area contributed by atoms with Crippen LogP contribution in [0.15, 0.2) is 24.3 Å². The summed E-state index contributed by atoms with van der Waals surface area (Å²) >= 11 is 1.75. The van der Waals surface area contributed by atoms with Crippen molar-refractivity contribution in [2.24, 2.45) is 0 Å². The Hall–Kier alpha value is -1.92. The molecule has 1 aliphatic rings. The fraction of sp³-hybridized carbons (Fsp3) is 0.412. The molecule has 3 amide bonds. The summed E-state index contributed by atoms with van der Waals surface area (Å²) in [6, 6.07) is 7.68. The van der Waals surface area contributed by atoms with E-state index < -0.39 is 6.04 Å². The van der Waals surface area contributed by atoms with Crippen molar-refractivity contribution < 1.29 is 9.59 Å². The Bertz CT molecular complexity index is 755. The van der Waals surface area contributed by atoms with Gasteiger partial charge in [-0.3, -0.25) is 15.0 Å². The standard InChI is InChI=1S/C17H21N3O2S/c1-10-13-6-4-5-7-14(13)23-15(10)11(2)19-12(3)16(21)20-9-8-18-17(20)22/h4-7,11-12,19H,8-9H2,1-3H3,(H,18,22)/t11-,12+/m0/s1. The van der Waals surface area contributed by atoms with Gasteiger partial charge in [0.05, 0.1) is 6.04 Å². The molecule has 0 bridgehead atoms. The van der Waals surface area contributed by atoms with E-state index in [1.54, 1.807) is 11.3 Å². The van der Waals surface area contributed by atoms with E-state index in [2.05, 4.69) is 36.6 Å². The molecule has 0 aliphatic carbocycles. The Morgan fingerprint density at radius 2 is 2.09 bits per heavy atom. The molecule has 1 aromatic carbocycles. The predicted octanol–water partition coefficient (Wildman–Crippen LogP) is 2.80. The second kappa shape index (κ2) is 6.29. The van der Waals surface area contributed by atoms with Crippen molar-refractivity contribution in [1.82, 2.24) is 15.5 Å². The van der Waals surface area contributed by atoms with Crippen LogP contribution >= 0.6 is 11.3 Å². The number of nitrogens with one attached hydrogen (secondary N) is 2. The third-order valence-corrected chi connectivity index (χ3v) is 5.72. The van der Waals surface area contributed by atoms with Crippen LogP contribution in [0.25, 0.3) is 10.1 Å². The molecule has 0 spiro atoms. The fourth-order valence-electron chi connectivity index (χ4n) is 3.04. The first-order valence-electron chi connectivity index (χ1n) is 7.82. The van der Waals surface area contributed by atoms with Crippen LogP contribution in [0.5, 0.6) is 0 Å². The van der Waals surface area contributed by atoms with Gasteiger partial charge in [0.2, 0.25) is 5.91 Å². The number of nitrogens with zero attached hydrogens (tertiary/aromatic N) is 1. The van der Waals surface area contributed by atoms with Gasteiger partial charge in [-0.25, -0.2) is 4.79 Å². The summed E-state index contributed by atoms with van der Waals surface area (Å²) in [4.78, 5) is 26.5. The lowest BCUT2D eigenvalue weighted by atomic mass is 10.1. The number of thiophene rings is 1. The van der Waals surface area contributed by atoms with Crippen LogP contribution in [0.3, 0.4) is 0 Å². The summed E-state index contributed by atoms with van der Waals surface area (Å²) in [6.45, 7) is 6.97. The highest BCUT2D eigenvalue weighted by molar-refractivity contribution is 7.19. The van der Waals surface area contributed by atoms with E-state index in [-0.39, 0.29) is 18.0 Å². The molecule has 5 nitrogen and oxygen atoms in total. The maximum Gasteiger partial charge on any atom is 0.324 e. The Morgan fingerprint density at radius 3 is 2.74 bits per heavy atom. The second-order valence-electron chi connectivity index (χ2n) is 5.92. The first-order valence-corrected chi connectivity index (χ1v) is 8.64. The van der Waals surface area contributed by atoms with Gasteiger partial charge in [-0.2, -0.15) is 0 Å². The summed E-state index contributed by atoms with van der Waals surface area (Å²) in [6.07, 6.45) is 0. The highest BCUT2D eigenvalue weighted by atomic mass is 32.1. The maximum atomic E-state index is 12.4. The van der Waals surface area contributed by atoms with E-state index in [0.717, 1.165) is 0 Å². The highest BCUT2D eigenvalue weighted by Crippen LogP contribution is 2.34. The molecule has 2 atom stereocenters. The second-order valence-corrected chi connectivity index (χ2v) is 7.00. The normalized spacial score (nSPS) is 17.3. The van der Waals surface area contributed by atoms with E-state index in [9.17, 15) is 9.59 Å². The van der Waals surface area contributed by atoms with Gasteiger partial charge in [0.15, 0.2) is 0 Å². The van der Waals surface area contributed by atoms with E-state index >= 15 is 0 Å². The number of fused-ring (bicyclic) bond motifs is 1. The zero-order valence-electron chi connectivity index (χ0n) is 13.6. The van der Waals surface area contributed by atoms with Crippen LogP contribution in [0.2, 0.25) is 0 Å². The van der Waals surface area contributed by atoms with Crippen molar-refractivity contribution >= 4 is 33.4 Å². The minimum atomic E-state index is -0.404. The molecular weight excluding hydrogens is 310 g/mol. The Kier molecular flexibility index (Phi) is 4.37. The van der Waals surface area contributed by atoms with E-state index in [1.165, 1.54) is 25.4 Å². The first-order chi connectivity index (χ1) is 11.0. The number of imide groups is 1. The molecule has 2 aromatic rings. The minimum absolute atomic E-state index is 0.0528. The van der Waals surface area contributed by atoms with Crippen LogP contribution in [0.1, 0.15) is 30.3 Å². The van der Waals surface area contributed by atoms with Gasteiger partial charge in [-0.05, 0) is 37.8 Å². The van der Waals surface area contributed by atoms with Gasteiger partial charge in [-0.1, -0.05) is 18.2 Å². The third kappa shape index (κ3) is 2.96. The van der Waals surface area contributed by atoms with Crippen LogP contribution < -0.4 is 10.6 Å². The highest BCUT2D eigenvalue weighted by Gasteiger charge is 2.30. The Labute approximate surface area is 139 Å². The number of rotatable bonds is 4. The SMILES string of the molecule is Cc1c([C@H](C)N[C@H](C)C(=O)N2CCNC2=O)sc2ccccc12. The molecule has 2 N–H and O–H groups in total. The molecule has 0 saturated carbocycles. The molecule has 122 valence electrons. The average molecular weight is 331 g/mol. The summed E-state index contributed by atoms with van der Waals surface area (Å²) in [5, 5.41) is 7.26. The molecule has 2 heterocycles. The van der Waals surface area contributed by atoms with Crippen molar-refractivity contribution in [3.05, 3.63) is 34.7 Å². The molecule has 1 fully saturated rings. The number of benzene rings is 1. The topological polar surface area (TPSA) is 61.4 Å². The van der Waals surface area contributed by atoms with E-state index in [0.29, 0.717) is 13.1 Å². The van der Waals surface area contributed by atoms with E-state index in [4.69, 9.17) is 0 Å². The lowest BCUT2D eigenvalue weighted by Crippen LogP contribution is -2.46. The zero-order chi connectivity index (χ0) is 16.6. The largest absolute Gasteiger partial charge is 0.336 e. The van der Waals surface area contributed by atoms with Crippen LogP contribution in [0.4, 0.5) is 4.79 Å².